The zero-order chi connectivity index (χ0) is 15.6. The molecule has 2 rings (SSSR count). The molecule has 1 aliphatic rings. The SMILES string of the molecule is CCNC(Cc1c(F)ccc(Br)c1F)C1CCCC1(C)C. The minimum Gasteiger partial charge on any atom is -0.314 e. The molecule has 0 aromatic heterocycles. The number of halogens is 3. The molecular formula is C17H24BrF2N. The number of benzene rings is 1. The zero-order valence-corrected chi connectivity index (χ0v) is 14.6. The normalized spacial score (nSPS) is 22.5. The van der Waals surface area contributed by atoms with Crippen LogP contribution in [-0.2, 0) is 6.42 Å². The van der Waals surface area contributed by atoms with E-state index in [1.165, 1.54) is 25.0 Å². The molecule has 0 spiro atoms. The van der Waals surface area contributed by atoms with Gasteiger partial charge in [0.15, 0.2) is 0 Å². The van der Waals surface area contributed by atoms with Crippen molar-refractivity contribution in [2.24, 2.45) is 11.3 Å². The van der Waals surface area contributed by atoms with Crippen molar-refractivity contribution in [2.45, 2.75) is 52.5 Å². The molecule has 1 aromatic rings. The van der Waals surface area contributed by atoms with Crippen molar-refractivity contribution in [1.29, 1.82) is 0 Å². The molecule has 118 valence electrons. The first-order valence-electron chi connectivity index (χ1n) is 7.72. The molecular weight excluding hydrogens is 336 g/mol. The van der Waals surface area contributed by atoms with Gasteiger partial charge in [-0.15, -0.1) is 0 Å². The van der Waals surface area contributed by atoms with Crippen molar-refractivity contribution in [2.75, 3.05) is 6.54 Å². The van der Waals surface area contributed by atoms with Crippen LogP contribution in [-0.4, -0.2) is 12.6 Å². The standard InChI is InChI=1S/C17H24BrF2N/c1-4-21-15(12-6-5-9-17(12,2)3)10-11-14(19)8-7-13(18)16(11)20/h7-8,12,15,21H,4-6,9-10H2,1-3H3. The van der Waals surface area contributed by atoms with E-state index in [1.54, 1.807) is 0 Å². The molecule has 0 amide bonds. The predicted octanol–water partition coefficient (Wildman–Crippen LogP) is 5.07. The molecule has 0 saturated heterocycles. The molecule has 2 unspecified atom stereocenters. The monoisotopic (exact) mass is 359 g/mol. The lowest BCUT2D eigenvalue weighted by Gasteiger charge is -2.35. The minimum atomic E-state index is -0.464. The van der Waals surface area contributed by atoms with Gasteiger partial charge in [-0.2, -0.15) is 0 Å². The van der Waals surface area contributed by atoms with Crippen LogP contribution in [0.1, 0.15) is 45.6 Å². The Morgan fingerprint density at radius 1 is 1.38 bits per heavy atom. The second-order valence-corrected chi connectivity index (χ2v) is 7.53. The number of hydrogen-bond acceptors (Lipinski definition) is 1. The van der Waals surface area contributed by atoms with Crippen molar-refractivity contribution in [3.05, 3.63) is 33.8 Å². The lowest BCUT2D eigenvalue weighted by atomic mass is 9.75. The maximum absolute atomic E-state index is 14.2. The predicted molar refractivity (Wildman–Crippen MR) is 86.3 cm³/mol. The lowest BCUT2D eigenvalue weighted by Crippen LogP contribution is -2.42. The molecule has 0 heterocycles. The quantitative estimate of drug-likeness (QED) is 0.723. The molecule has 0 radical (unpaired) electrons. The van der Waals surface area contributed by atoms with Gasteiger partial charge in [-0.3, -0.25) is 0 Å². The van der Waals surface area contributed by atoms with Crippen molar-refractivity contribution >= 4 is 15.9 Å². The average molecular weight is 360 g/mol. The van der Waals surface area contributed by atoms with Crippen LogP contribution in [0.2, 0.25) is 0 Å². The molecule has 1 fully saturated rings. The van der Waals surface area contributed by atoms with Crippen molar-refractivity contribution in [3.63, 3.8) is 0 Å². The maximum atomic E-state index is 14.2. The lowest BCUT2D eigenvalue weighted by molar-refractivity contribution is 0.195. The van der Waals surface area contributed by atoms with Crippen LogP contribution in [0.5, 0.6) is 0 Å². The fourth-order valence-electron chi connectivity index (χ4n) is 3.69. The first-order valence-corrected chi connectivity index (χ1v) is 8.52. The number of rotatable bonds is 5. The molecule has 0 aliphatic heterocycles. The highest BCUT2D eigenvalue weighted by Gasteiger charge is 2.39. The van der Waals surface area contributed by atoms with Crippen LogP contribution < -0.4 is 5.32 Å². The van der Waals surface area contributed by atoms with Gasteiger partial charge in [0.25, 0.3) is 0 Å². The summed E-state index contributed by atoms with van der Waals surface area (Å²) in [5, 5.41) is 3.45. The van der Waals surface area contributed by atoms with Gasteiger partial charge in [0.1, 0.15) is 11.6 Å². The second-order valence-electron chi connectivity index (χ2n) is 6.68. The zero-order valence-electron chi connectivity index (χ0n) is 13.0. The van der Waals surface area contributed by atoms with Crippen LogP contribution in [0.15, 0.2) is 16.6 Å². The van der Waals surface area contributed by atoms with Gasteiger partial charge in [-0.25, -0.2) is 8.78 Å². The summed E-state index contributed by atoms with van der Waals surface area (Å²) in [5.41, 5.74) is 0.421. The summed E-state index contributed by atoms with van der Waals surface area (Å²) in [7, 11) is 0. The van der Waals surface area contributed by atoms with Crippen LogP contribution >= 0.6 is 15.9 Å². The molecule has 1 nitrogen and oxygen atoms in total. The third-order valence-electron chi connectivity index (χ3n) is 4.85. The molecule has 2 atom stereocenters. The van der Waals surface area contributed by atoms with Crippen molar-refractivity contribution in [1.82, 2.24) is 5.32 Å². The van der Waals surface area contributed by atoms with Crippen LogP contribution in [0.4, 0.5) is 8.78 Å². The summed E-state index contributed by atoms with van der Waals surface area (Å²) < 4.78 is 28.6. The Labute approximate surface area is 134 Å². The van der Waals surface area contributed by atoms with E-state index in [2.05, 4.69) is 35.1 Å². The van der Waals surface area contributed by atoms with Gasteiger partial charge < -0.3 is 5.32 Å². The van der Waals surface area contributed by atoms with E-state index in [0.29, 0.717) is 16.8 Å². The van der Waals surface area contributed by atoms with Crippen LogP contribution in [0, 0.1) is 23.0 Å². The molecule has 1 N–H and O–H groups in total. The Balaban J connectivity index is 2.27. The smallest absolute Gasteiger partial charge is 0.143 e. The third kappa shape index (κ3) is 3.65. The van der Waals surface area contributed by atoms with Crippen LogP contribution in [0.25, 0.3) is 0 Å². The second kappa shape index (κ2) is 6.74. The highest BCUT2D eigenvalue weighted by Crippen LogP contribution is 2.45. The summed E-state index contributed by atoms with van der Waals surface area (Å²) in [6, 6.07) is 2.88. The molecule has 1 aromatic carbocycles. The Bertz CT molecular complexity index is 502. The number of nitrogens with one attached hydrogen (secondary N) is 1. The number of likely N-dealkylation sites (N-methyl/N-ethyl adjacent to an activating group) is 1. The first kappa shape index (κ1) is 16.9. The molecule has 1 saturated carbocycles. The minimum absolute atomic E-state index is 0.116. The van der Waals surface area contributed by atoms with E-state index >= 15 is 0 Å². The Morgan fingerprint density at radius 2 is 2.10 bits per heavy atom. The van der Waals surface area contributed by atoms with Gasteiger partial charge in [0, 0.05) is 11.6 Å². The number of hydrogen-bond donors (Lipinski definition) is 1. The summed E-state index contributed by atoms with van der Waals surface area (Å²) in [6.07, 6.45) is 3.91. The van der Waals surface area contributed by atoms with E-state index in [0.717, 1.165) is 13.0 Å². The molecule has 0 bridgehead atoms. The van der Waals surface area contributed by atoms with Gasteiger partial charge in [0.2, 0.25) is 0 Å². The average Bonchev–Trinajstić information content (AvgIpc) is 2.77. The van der Waals surface area contributed by atoms with Crippen molar-refractivity contribution < 1.29 is 8.78 Å². The summed E-state index contributed by atoms with van der Waals surface area (Å²) in [6.45, 7) is 7.39. The Hall–Kier alpha value is -0.480. The van der Waals surface area contributed by atoms with E-state index in [1.807, 2.05) is 6.92 Å². The largest absolute Gasteiger partial charge is 0.314 e. The highest BCUT2D eigenvalue weighted by molar-refractivity contribution is 9.10. The Kier molecular flexibility index (Phi) is 5.42. The summed E-state index contributed by atoms with van der Waals surface area (Å²) in [4.78, 5) is 0. The fraction of sp³-hybridized carbons (Fsp3) is 0.647. The fourth-order valence-corrected chi connectivity index (χ4v) is 4.07. The Morgan fingerprint density at radius 3 is 2.67 bits per heavy atom. The topological polar surface area (TPSA) is 12.0 Å². The summed E-state index contributed by atoms with van der Waals surface area (Å²) in [5.74, 6) is -0.460. The highest BCUT2D eigenvalue weighted by atomic mass is 79.9. The third-order valence-corrected chi connectivity index (χ3v) is 5.47. The van der Waals surface area contributed by atoms with E-state index in [-0.39, 0.29) is 17.0 Å². The van der Waals surface area contributed by atoms with Crippen LogP contribution in [0.3, 0.4) is 0 Å². The first-order chi connectivity index (χ1) is 9.86. The van der Waals surface area contributed by atoms with Gasteiger partial charge in [-0.05, 0) is 65.2 Å². The molecule has 4 heteroatoms. The van der Waals surface area contributed by atoms with E-state index in [4.69, 9.17) is 0 Å². The molecule has 1 aliphatic carbocycles. The maximum Gasteiger partial charge on any atom is 0.143 e. The van der Waals surface area contributed by atoms with E-state index in [9.17, 15) is 8.78 Å². The van der Waals surface area contributed by atoms with Gasteiger partial charge in [-0.1, -0.05) is 27.2 Å². The van der Waals surface area contributed by atoms with Gasteiger partial charge in [0.05, 0.1) is 4.47 Å². The van der Waals surface area contributed by atoms with Gasteiger partial charge >= 0.3 is 0 Å². The van der Waals surface area contributed by atoms with E-state index < -0.39 is 11.6 Å². The summed E-state index contributed by atoms with van der Waals surface area (Å²) >= 11 is 3.15. The van der Waals surface area contributed by atoms with Crippen molar-refractivity contribution in [3.8, 4) is 0 Å². The molecule has 21 heavy (non-hydrogen) atoms.